The highest BCUT2D eigenvalue weighted by atomic mass is 32.2. The Hall–Kier alpha value is -2.42. The second-order valence-corrected chi connectivity index (χ2v) is 6.64. The van der Waals surface area contributed by atoms with Gasteiger partial charge >= 0.3 is 0 Å². The zero-order valence-electron chi connectivity index (χ0n) is 11.8. The van der Waals surface area contributed by atoms with E-state index in [0.29, 0.717) is 5.69 Å². The molecule has 0 radical (unpaired) electrons. The molecule has 1 fully saturated rings. The summed E-state index contributed by atoms with van der Waals surface area (Å²) in [5, 5.41) is 20.8. The quantitative estimate of drug-likeness (QED) is 0.633. The van der Waals surface area contributed by atoms with Gasteiger partial charge in [0.15, 0.2) is 0 Å². The van der Waals surface area contributed by atoms with Crippen LogP contribution in [0.3, 0.4) is 0 Å². The second kappa shape index (κ2) is 7.03. The van der Waals surface area contributed by atoms with Crippen molar-refractivity contribution in [1.82, 2.24) is 4.72 Å². The number of hydrogen-bond acceptors (Lipinski definition) is 6. The van der Waals surface area contributed by atoms with E-state index in [2.05, 4.69) is 15.2 Å². The summed E-state index contributed by atoms with van der Waals surface area (Å²) >= 11 is 0. The molecule has 7 nitrogen and oxygen atoms in total. The fraction of sp³-hybridized carbons (Fsp3) is 0.357. The van der Waals surface area contributed by atoms with Crippen molar-refractivity contribution in [2.24, 2.45) is 5.10 Å². The van der Waals surface area contributed by atoms with Crippen LogP contribution in [-0.4, -0.2) is 20.2 Å². The summed E-state index contributed by atoms with van der Waals surface area (Å²) in [5.74, 6) is 0. The molecule has 1 aliphatic carbocycles. The van der Waals surface area contributed by atoms with Gasteiger partial charge in [-0.1, -0.05) is 18.9 Å². The minimum Gasteiger partial charge on any atom is -0.276 e. The van der Waals surface area contributed by atoms with Gasteiger partial charge in [0.1, 0.15) is 12.1 Å². The van der Waals surface area contributed by atoms with Gasteiger partial charge in [-0.3, -0.25) is 5.43 Å². The van der Waals surface area contributed by atoms with Crippen LogP contribution in [0.4, 0.5) is 5.69 Å². The molecule has 2 rings (SSSR count). The molecule has 1 aromatic carbocycles. The van der Waals surface area contributed by atoms with Crippen LogP contribution in [0, 0.1) is 22.7 Å². The lowest BCUT2D eigenvalue weighted by Gasteiger charge is -2.13. The first-order chi connectivity index (χ1) is 10.5. The van der Waals surface area contributed by atoms with Crippen LogP contribution in [0.5, 0.6) is 0 Å². The molecular weight excluding hydrogens is 302 g/mol. The Morgan fingerprint density at radius 1 is 1.23 bits per heavy atom. The van der Waals surface area contributed by atoms with Gasteiger partial charge in [0, 0.05) is 6.04 Å². The number of rotatable bonds is 5. The number of hydrogen-bond donors (Lipinski definition) is 2. The van der Waals surface area contributed by atoms with Gasteiger partial charge in [0.05, 0.1) is 10.6 Å². The van der Waals surface area contributed by atoms with Gasteiger partial charge in [-0.25, -0.2) is 13.1 Å². The highest BCUT2D eigenvalue weighted by molar-refractivity contribution is 7.89. The van der Waals surface area contributed by atoms with E-state index in [-0.39, 0.29) is 16.6 Å². The number of nitrogens with one attached hydrogen (secondary N) is 2. The number of anilines is 1. The second-order valence-electron chi connectivity index (χ2n) is 4.93. The smallest absolute Gasteiger partial charge is 0.240 e. The van der Waals surface area contributed by atoms with E-state index in [4.69, 9.17) is 10.5 Å². The van der Waals surface area contributed by atoms with Crippen molar-refractivity contribution in [1.29, 1.82) is 10.5 Å². The average molecular weight is 317 g/mol. The van der Waals surface area contributed by atoms with Crippen molar-refractivity contribution < 1.29 is 8.42 Å². The Bertz CT molecular complexity index is 736. The molecule has 0 aliphatic heterocycles. The standard InChI is InChI=1S/C14H15N5O2S/c15-9-13(10-16)18-17-12-6-3-7-14(8-12)22(20,21)19-11-4-1-2-5-11/h3,6-8,11,17,19H,1-2,4-5H2. The summed E-state index contributed by atoms with van der Waals surface area (Å²) in [6.07, 6.45) is 3.79. The fourth-order valence-electron chi connectivity index (χ4n) is 2.26. The minimum atomic E-state index is -3.58. The molecule has 1 aliphatic rings. The summed E-state index contributed by atoms with van der Waals surface area (Å²) in [6, 6.07) is 9.28. The number of hydrazone groups is 1. The lowest BCUT2D eigenvalue weighted by molar-refractivity contribution is 0.552. The Morgan fingerprint density at radius 2 is 1.91 bits per heavy atom. The minimum absolute atomic E-state index is 0.0107. The highest BCUT2D eigenvalue weighted by Gasteiger charge is 2.22. The molecule has 1 saturated carbocycles. The lowest BCUT2D eigenvalue weighted by Crippen LogP contribution is -2.32. The van der Waals surface area contributed by atoms with E-state index in [0.717, 1.165) is 25.7 Å². The van der Waals surface area contributed by atoms with Crippen molar-refractivity contribution in [2.45, 2.75) is 36.6 Å². The highest BCUT2D eigenvalue weighted by Crippen LogP contribution is 2.21. The molecular formula is C14H15N5O2S. The fourth-order valence-corrected chi connectivity index (χ4v) is 3.61. The van der Waals surface area contributed by atoms with Gasteiger partial charge in [-0.2, -0.15) is 15.6 Å². The van der Waals surface area contributed by atoms with Gasteiger partial charge in [-0.15, -0.1) is 0 Å². The van der Waals surface area contributed by atoms with Crippen LogP contribution in [0.1, 0.15) is 25.7 Å². The van der Waals surface area contributed by atoms with E-state index >= 15 is 0 Å². The average Bonchev–Trinajstić information content (AvgIpc) is 3.01. The van der Waals surface area contributed by atoms with Crippen molar-refractivity contribution in [3.63, 3.8) is 0 Å². The normalized spacial score (nSPS) is 14.8. The Balaban J connectivity index is 2.15. The molecule has 0 aromatic heterocycles. The number of nitrogens with zero attached hydrogens (tertiary/aromatic N) is 3. The summed E-state index contributed by atoms with van der Waals surface area (Å²) in [7, 11) is -3.58. The first-order valence-corrected chi connectivity index (χ1v) is 8.30. The number of benzene rings is 1. The van der Waals surface area contributed by atoms with Crippen molar-refractivity contribution >= 4 is 21.4 Å². The summed E-state index contributed by atoms with van der Waals surface area (Å²) in [4.78, 5) is 0.120. The first-order valence-electron chi connectivity index (χ1n) is 6.81. The largest absolute Gasteiger partial charge is 0.276 e. The van der Waals surface area contributed by atoms with E-state index < -0.39 is 10.0 Å². The van der Waals surface area contributed by atoms with Crippen molar-refractivity contribution in [3.05, 3.63) is 24.3 Å². The zero-order valence-corrected chi connectivity index (χ0v) is 12.6. The van der Waals surface area contributed by atoms with Crippen LogP contribution in [0.15, 0.2) is 34.3 Å². The maximum atomic E-state index is 12.3. The molecule has 0 heterocycles. The Labute approximate surface area is 129 Å². The zero-order chi connectivity index (χ0) is 16.0. The molecule has 114 valence electrons. The Morgan fingerprint density at radius 3 is 2.55 bits per heavy atom. The van der Waals surface area contributed by atoms with E-state index in [1.807, 2.05) is 0 Å². The molecule has 0 spiro atoms. The molecule has 0 saturated heterocycles. The third kappa shape index (κ3) is 4.04. The molecule has 1 aromatic rings. The van der Waals surface area contributed by atoms with E-state index in [9.17, 15) is 8.42 Å². The van der Waals surface area contributed by atoms with E-state index in [1.165, 1.54) is 12.1 Å². The first kappa shape index (κ1) is 16.0. The maximum absolute atomic E-state index is 12.3. The van der Waals surface area contributed by atoms with Gasteiger partial charge in [0.25, 0.3) is 0 Å². The number of sulfonamides is 1. The lowest BCUT2D eigenvalue weighted by atomic mass is 10.3. The molecule has 0 bridgehead atoms. The van der Waals surface area contributed by atoms with Gasteiger partial charge in [-0.05, 0) is 31.0 Å². The topological polar surface area (TPSA) is 118 Å². The van der Waals surface area contributed by atoms with Crippen LogP contribution in [-0.2, 0) is 10.0 Å². The van der Waals surface area contributed by atoms with Crippen LogP contribution >= 0.6 is 0 Å². The molecule has 0 amide bonds. The third-order valence-corrected chi connectivity index (χ3v) is 4.85. The van der Waals surface area contributed by atoms with Crippen LogP contribution in [0.2, 0.25) is 0 Å². The molecule has 22 heavy (non-hydrogen) atoms. The molecule has 2 N–H and O–H groups in total. The third-order valence-electron chi connectivity index (χ3n) is 3.33. The predicted molar refractivity (Wildman–Crippen MR) is 81.3 cm³/mol. The van der Waals surface area contributed by atoms with Gasteiger partial charge < -0.3 is 0 Å². The summed E-state index contributed by atoms with van der Waals surface area (Å²) in [6.45, 7) is 0. The van der Waals surface area contributed by atoms with Gasteiger partial charge in [0.2, 0.25) is 15.7 Å². The summed E-state index contributed by atoms with van der Waals surface area (Å²) in [5.41, 5.74) is 2.55. The molecule has 0 unspecified atom stereocenters. The van der Waals surface area contributed by atoms with Crippen molar-refractivity contribution in [3.8, 4) is 12.1 Å². The maximum Gasteiger partial charge on any atom is 0.240 e. The van der Waals surface area contributed by atoms with Crippen LogP contribution < -0.4 is 10.1 Å². The van der Waals surface area contributed by atoms with E-state index in [1.54, 1.807) is 24.3 Å². The van der Waals surface area contributed by atoms with Crippen LogP contribution in [0.25, 0.3) is 0 Å². The predicted octanol–water partition coefficient (Wildman–Crippen LogP) is 1.72. The number of nitriles is 2. The molecule has 0 atom stereocenters. The summed E-state index contributed by atoms with van der Waals surface area (Å²) < 4.78 is 27.3. The van der Waals surface area contributed by atoms with Crippen molar-refractivity contribution in [2.75, 3.05) is 5.43 Å². The molecule has 8 heteroatoms. The monoisotopic (exact) mass is 317 g/mol. The SMILES string of the molecule is N#CC(C#N)=NNc1cccc(S(=O)(=O)NC2CCCC2)c1. The Kier molecular flexibility index (Phi) is 5.10.